The number of benzene rings is 3. The van der Waals surface area contributed by atoms with Gasteiger partial charge in [0.25, 0.3) is 6.47 Å². The Kier molecular flexibility index (Phi) is 15.5. The van der Waals surface area contributed by atoms with Crippen molar-refractivity contribution in [3.63, 3.8) is 0 Å². The minimum atomic E-state index is -0.412. The predicted molar refractivity (Wildman–Crippen MR) is 211 cm³/mol. The van der Waals surface area contributed by atoms with Gasteiger partial charge >= 0.3 is 17.9 Å². The molecule has 0 saturated heterocycles. The van der Waals surface area contributed by atoms with Gasteiger partial charge in [0.05, 0.1) is 41.5 Å². The summed E-state index contributed by atoms with van der Waals surface area (Å²) in [5, 5.41) is 7.14. The van der Waals surface area contributed by atoms with Gasteiger partial charge < -0.3 is 23.7 Å². The summed E-state index contributed by atoms with van der Waals surface area (Å²) >= 11 is 1.51. The molecule has 0 spiro atoms. The largest absolute Gasteiger partial charge is 0.494 e. The molecule has 0 aliphatic heterocycles. The van der Waals surface area contributed by atoms with Crippen molar-refractivity contribution < 1.29 is 42.9 Å². The van der Waals surface area contributed by atoms with E-state index in [0.717, 1.165) is 42.0 Å². The molecule has 5 rings (SSSR count). The fraction of sp³-hybridized carbons (Fsp3) is 0.333. The normalized spacial score (nSPS) is 15.2. The van der Waals surface area contributed by atoms with Gasteiger partial charge in [-0.05, 0) is 112 Å². The Morgan fingerprint density at radius 1 is 0.836 bits per heavy atom. The summed E-state index contributed by atoms with van der Waals surface area (Å²) in [5.41, 5.74) is 1.30. The highest BCUT2D eigenvalue weighted by Crippen LogP contribution is 2.33. The minimum Gasteiger partial charge on any atom is -0.494 e. The number of para-hydroxylation sites is 1. The molecular weight excluding hydrogens is 723 g/mol. The lowest BCUT2D eigenvalue weighted by Crippen LogP contribution is -2.30. The zero-order valence-corrected chi connectivity index (χ0v) is 31.5. The van der Waals surface area contributed by atoms with Gasteiger partial charge in [-0.1, -0.05) is 36.1 Å². The molecule has 0 bridgehead atoms. The van der Waals surface area contributed by atoms with Crippen LogP contribution >= 0.6 is 11.3 Å². The molecule has 4 aromatic rings. The van der Waals surface area contributed by atoms with Gasteiger partial charge in [-0.25, -0.2) is 14.8 Å². The Labute approximate surface area is 324 Å². The second-order valence-electron chi connectivity index (χ2n) is 12.8. The number of fused-ring (bicyclic) bond motifs is 1. The van der Waals surface area contributed by atoms with Gasteiger partial charge in [-0.3, -0.25) is 14.4 Å². The number of ether oxygens (including phenoxy) is 5. The van der Waals surface area contributed by atoms with Crippen LogP contribution < -0.4 is 24.0 Å². The summed E-state index contributed by atoms with van der Waals surface area (Å²) in [7, 11) is 0. The molecule has 55 heavy (non-hydrogen) atoms. The third-order valence-corrected chi connectivity index (χ3v) is 9.96. The summed E-state index contributed by atoms with van der Waals surface area (Å²) in [6.07, 6.45) is 10.6. The highest BCUT2D eigenvalue weighted by molar-refractivity contribution is 7.22. The van der Waals surface area contributed by atoms with Crippen molar-refractivity contribution in [2.75, 3.05) is 24.8 Å². The standard InChI is InChI=1S/C42H45N3O9S/c1-3-5-24-45(42-44-36-12-8-9-13-38(36)55-42)43-28-32-27-35(52-29-46)22-23-37(32)54-41(49)31-16-14-30(15-17-31)40(48)53-34-20-18-33(19-21-34)50-25-10-6-7-11-26-51-39(47)4-2/h3-4,8-9,12-13,18-23,27-31H,1-2,5-7,10-11,14-17,24-26H2/b43-28+/t30-,31-. The highest BCUT2D eigenvalue weighted by Gasteiger charge is 2.32. The van der Waals surface area contributed by atoms with Crippen LogP contribution in [-0.2, 0) is 23.9 Å². The van der Waals surface area contributed by atoms with E-state index in [0.29, 0.717) is 80.5 Å². The van der Waals surface area contributed by atoms with Gasteiger partial charge in [-0.15, -0.1) is 6.58 Å². The van der Waals surface area contributed by atoms with E-state index in [9.17, 15) is 19.2 Å². The Balaban J connectivity index is 1.10. The third-order valence-electron chi connectivity index (χ3n) is 8.92. The Bertz CT molecular complexity index is 1920. The molecule has 0 N–H and O–H groups in total. The number of thiazole rings is 1. The van der Waals surface area contributed by atoms with Crippen LogP contribution in [0.4, 0.5) is 5.13 Å². The Morgan fingerprint density at radius 2 is 1.51 bits per heavy atom. The maximum absolute atomic E-state index is 13.4. The molecule has 288 valence electrons. The predicted octanol–water partition coefficient (Wildman–Crippen LogP) is 8.23. The molecule has 13 heteroatoms. The summed E-state index contributed by atoms with van der Waals surface area (Å²) in [6, 6.07) is 19.4. The number of anilines is 1. The molecule has 1 aliphatic carbocycles. The number of unbranched alkanes of at least 4 members (excludes halogenated alkanes) is 3. The summed E-state index contributed by atoms with van der Waals surface area (Å²) in [4.78, 5) is 53.2. The zero-order valence-electron chi connectivity index (χ0n) is 30.6. The van der Waals surface area contributed by atoms with Gasteiger partial charge in [0.15, 0.2) is 0 Å². The summed E-state index contributed by atoms with van der Waals surface area (Å²) in [5.74, 6) is -0.265. The average Bonchev–Trinajstić information content (AvgIpc) is 3.64. The lowest BCUT2D eigenvalue weighted by Gasteiger charge is -2.26. The van der Waals surface area contributed by atoms with Crippen LogP contribution in [0.15, 0.2) is 97.1 Å². The number of nitrogens with zero attached hydrogens (tertiary/aromatic N) is 3. The van der Waals surface area contributed by atoms with E-state index in [4.69, 9.17) is 28.7 Å². The molecular formula is C42H45N3O9S. The quantitative estimate of drug-likeness (QED) is 0.0118. The summed E-state index contributed by atoms with van der Waals surface area (Å²) in [6.45, 7) is 8.98. The second-order valence-corrected chi connectivity index (χ2v) is 13.8. The first-order valence-electron chi connectivity index (χ1n) is 18.3. The fourth-order valence-electron chi connectivity index (χ4n) is 5.91. The van der Waals surface area contributed by atoms with Crippen LogP contribution in [0, 0.1) is 11.8 Å². The van der Waals surface area contributed by atoms with E-state index in [1.54, 1.807) is 59.8 Å². The van der Waals surface area contributed by atoms with Crippen molar-refractivity contribution in [1.82, 2.24) is 4.98 Å². The SMILES string of the molecule is C=CCCN(/N=C/c1cc(OC=O)ccc1OC(=O)[C@H]1CC[C@H](C(=O)Oc2ccc(OCCCCCCOC(=O)C=C)cc2)CC1)c1nc2ccccc2s1. The molecule has 0 unspecified atom stereocenters. The lowest BCUT2D eigenvalue weighted by atomic mass is 9.82. The van der Waals surface area contributed by atoms with Crippen LogP contribution in [0.2, 0.25) is 0 Å². The van der Waals surface area contributed by atoms with E-state index >= 15 is 0 Å². The fourth-order valence-corrected chi connectivity index (χ4v) is 6.86. The smallest absolute Gasteiger partial charge is 0.330 e. The van der Waals surface area contributed by atoms with Crippen LogP contribution in [0.1, 0.15) is 63.4 Å². The van der Waals surface area contributed by atoms with Gasteiger partial charge in [0.2, 0.25) is 5.13 Å². The van der Waals surface area contributed by atoms with Crippen molar-refractivity contribution >= 4 is 57.3 Å². The lowest BCUT2D eigenvalue weighted by molar-refractivity contribution is -0.145. The zero-order chi connectivity index (χ0) is 38.8. The van der Waals surface area contributed by atoms with Crippen molar-refractivity contribution in [2.45, 2.75) is 57.8 Å². The van der Waals surface area contributed by atoms with Crippen molar-refractivity contribution in [2.24, 2.45) is 16.9 Å². The number of carbonyl (C=O) groups excluding carboxylic acids is 4. The first-order chi connectivity index (χ1) is 26.9. The molecule has 1 aliphatic rings. The first kappa shape index (κ1) is 40.4. The highest BCUT2D eigenvalue weighted by atomic mass is 32.1. The van der Waals surface area contributed by atoms with Gasteiger partial charge in [0, 0.05) is 18.2 Å². The molecule has 12 nitrogen and oxygen atoms in total. The van der Waals surface area contributed by atoms with Crippen LogP contribution in [0.3, 0.4) is 0 Å². The van der Waals surface area contributed by atoms with Crippen molar-refractivity contribution in [3.8, 4) is 23.0 Å². The molecule has 1 aromatic heterocycles. The molecule has 0 amide bonds. The number of hydrazone groups is 1. The van der Waals surface area contributed by atoms with Crippen LogP contribution in [0.5, 0.6) is 23.0 Å². The number of hydrogen-bond acceptors (Lipinski definition) is 13. The number of esters is 3. The number of hydrogen-bond donors (Lipinski definition) is 0. The van der Waals surface area contributed by atoms with E-state index < -0.39 is 17.9 Å². The maximum atomic E-state index is 13.4. The third kappa shape index (κ3) is 12.4. The topological polar surface area (TPSA) is 143 Å². The van der Waals surface area contributed by atoms with E-state index in [2.05, 4.69) is 18.3 Å². The molecule has 0 radical (unpaired) electrons. The second kappa shape index (κ2) is 21.2. The maximum Gasteiger partial charge on any atom is 0.330 e. The molecule has 1 fully saturated rings. The first-order valence-corrected chi connectivity index (χ1v) is 19.2. The van der Waals surface area contributed by atoms with Crippen molar-refractivity contribution in [1.29, 1.82) is 0 Å². The number of carbonyl (C=O) groups is 4. The average molecular weight is 768 g/mol. The van der Waals surface area contributed by atoms with Crippen LogP contribution in [-0.4, -0.2) is 55.3 Å². The van der Waals surface area contributed by atoms with E-state index in [1.807, 2.05) is 24.3 Å². The Hall–Kier alpha value is -5.82. The van der Waals surface area contributed by atoms with E-state index in [-0.39, 0.29) is 23.4 Å². The summed E-state index contributed by atoms with van der Waals surface area (Å²) < 4.78 is 28.4. The molecule has 0 atom stereocenters. The van der Waals surface area contributed by atoms with Gasteiger partial charge in [-0.2, -0.15) is 5.10 Å². The molecule has 3 aromatic carbocycles. The van der Waals surface area contributed by atoms with Crippen LogP contribution in [0.25, 0.3) is 10.2 Å². The Morgan fingerprint density at radius 3 is 2.20 bits per heavy atom. The van der Waals surface area contributed by atoms with Gasteiger partial charge in [0.1, 0.15) is 23.0 Å². The molecule has 1 saturated carbocycles. The minimum absolute atomic E-state index is 0.262. The number of aromatic nitrogens is 1. The number of rotatable bonds is 21. The monoisotopic (exact) mass is 767 g/mol. The van der Waals surface area contributed by atoms with E-state index in [1.165, 1.54) is 11.3 Å². The van der Waals surface area contributed by atoms with Crippen molar-refractivity contribution in [3.05, 3.63) is 97.6 Å². The molecule has 1 heterocycles.